The van der Waals surface area contributed by atoms with Crippen LogP contribution >= 0.6 is 0 Å². The van der Waals surface area contributed by atoms with E-state index in [4.69, 9.17) is 5.73 Å². The average molecular weight is 282 g/mol. The molecule has 0 aliphatic heterocycles. The number of carbonyl (C=O) groups excluding carboxylic acids is 1. The number of carbonyl (C=O) groups is 1. The molecule has 1 unspecified atom stereocenters. The Labute approximate surface area is 126 Å². The summed E-state index contributed by atoms with van der Waals surface area (Å²) in [6.07, 6.45) is 0.365. The van der Waals surface area contributed by atoms with Gasteiger partial charge in [0.2, 0.25) is 5.91 Å². The molecule has 1 amide bonds. The molecule has 2 aromatic rings. The third kappa shape index (κ3) is 3.92. The maximum atomic E-state index is 12.2. The fourth-order valence-electron chi connectivity index (χ4n) is 2.54. The van der Waals surface area contributed by atoms with Crippen molar-refractivity contribution in [2.45, 2.75) is 32.9 Å². The summed E-state index contributed by atoms with van der Waals surface area (Å²) in [4.78, 5) is 12.2. The summed E-state index contributed by atoms with van der Waals surface area (Å²) in [7, 11) is 0. The zero-order chi connectivity index (χ0) is 15.2. The number of rotatable bonds is 5. The molecule has 21 heavy (non-hydrogen) atoms. The van der Waals surface area contributed by atoms with Crippen molar-refractivity contribution in [3.8, 4) is 0 Å². The summed E-state index contributed by atoms with van der Waals surface area (Å²) in [6, 6.07) is 15.9. The molecule has 0 spiro atoms. The highest BCUT2D eigenvalue weighted by atomic mass is 16.1. The van der Waals surface area contributed by atoms with Crippen LogP contribution in [0.3, 0.4) is 0 Å². The molecule has 3 heteroatoms. The Hall–Kier alpha value is -2.13. The van der Waals surface area contributed by atoms with Gasteiger partial charge in [0.25, 0.3) is 0 Å². The Morgan fingerprint density at radius 2 is 1.71 bits per heavy atom. The van der Waals surface area contributed by atoms with Gasteiger partial charge < -0.3 is 11.1 Å². The molecule has 0 aromatic heterocycles. The number of nitrogens with one attached hydrogen (secondary N) is 1. The van der Waals surface area contributed by atoms with Gasteiger partial charge in [-0.05, 0) is 36.1 Å². The predicted molar refractivity (Wildman–Crippen MR) is 85.8 cm³/mol. The van der Waals surface area contributed by atoms with Gasteiger partial charge in [0.05, 0.1) is 12.5 Å². The average Bonchev–Trinajstić information content (AvgIpc) is 2.48. The topological polar surface area (TPSA) is 55.1 Å². The van der Waals surface area contributed by atoms with E-state index < -0.39 is 0 Å². The third-order valence-corrected chi connectivity index (χ3v) is 3.72. The fraction of sp³-hybridized carbons (Fsp3) is 0.278. The monoisotopic (exact) mass is 282 g/mol. The lowest BCUT2D eigenvalue weighted by atomic mass is 10.0. The standard InChI is InChI=1S/C18H22N2O/c1-13-7-3-6-10-17(13)14(2)20-18(21)11-15-8-4-5-9-16(15)12-19/h3-10,14H,11-12,19H2,1-2H3,(H,20,21). The fourth-order valence-corrected chi connectivity index (χ4v) is 2.54. The Balaban J connectivity index is 2.03. The van der Waals surface area contributed by atoms with Crippen molar-refractivity contribution in [1.29, 1.82) is 0 Å². The molecule has 2 aromatic carbocycles. The normalized spacial score (nSPS) is 12.0. The molecule has 0 fully saturated rings. The number of aryl methyl sites for hydroxylation is 1. The molecule has 3 N–H and O–H groups in total. The molecule has 0 aliphatic rings. The summed E-state index contributed by atoms with van der Waals surface area (Å²) in [5.74, 6) is 0.0200. The van der Waals surface area contributed by atoms with E-state index in [0.717, 1.165) is 16.7 Å². The van der Waals surface area contributed by atoms with Gasteiger partial charge in [0.15, 0.2) is 0 Å². The van der Waals surface area contributed by atoms with Crippen molar-refractivity contribution in [2.24, 2.45) is 5.73 Å². The minimum atomic E-state index is 0.00346. The van der Waals surface area contributed by atoms with Gasteiger partial charge in [-0.1, -0.05) is 48.5 Å². The Morgan fingerprint density at radius 3 is 2.38 bits per heavy atom. The minimum Gasteiger partial charge on any atom is -0.349 e. The maximum absolute atomic E-state index is 12.2. The van der Waals surface area contributed by atoms with Gasteiger partial charge in [0, 0.05) is 6.54 Å². The lowest BCUT2D eigenvalue weighted by Gasteiger charge is -2.17. The van der Waals surface area contributed by atoms with Crippen molar-refractivity contribution in [1.82, 2.24) is 5.32 Å². The van der Waals surface area contributed by atoms with Crippen LogP contribution in [-0.2, 0) is 17.8 Å². The number of nitrogens with two attached hydrogens (primary N) is 1. The van der Waals surface area contributed by atoms with Crippen LogP contribution in [0.25, 0.3) is 0 Å². The van der Waals surface area contributed by atoms with Gasteiger partial charge >= 0.3 is 0 Å². The first kappa shape index (κ1) is 15.3. The molecular weight excluding hydrogens is 260 g/mol. The van der Waals surface area contributed by atoms with Crippen molar-refractivity contribution >= 4 is 5.91 Å². The Bertz CT molecular complexity index is 622. The van der Waals surface area contributed by atoms with E-state index in [2.05, 4.69) is 18.3 Å². The highest BCUT2D eigenvalue weighted by molar-refractivity contribution is 5.79. The van der Waals surface area contributed by atoms with Gasteiger partial charge in [-0.2, -0.15) is 0 Å². The lowest BCUT2D eigenvalue weighted by molar-refractivity contribution is -0.121. The first-order valence-corrected chi connectivity index (χ1v) is 7.23. The van der Waals surface area contributed by atoms with E-state index in [-0.39, 0.29) is 11.9 Å². The summed E-state index contributed by atoms with van der Waals surface area (Å²) >= 11 is 0. The zero-order valence-electron chi connectivity index (χ0n) is 12.6. The number of benzene rings is 2. The second-order valence-corrected chi connectivity index (χ2v) is 5.30. The van der Waals surface area contributed by atoms with Gasteiger partial charge in [-0.3, -0.25) is 4.79 Å². The molecule has 0 radical (unpaired) electrons. The zero-order valence-corrected chi connectivity index (χ0v) is 12.6. The highest BCUT2D eigenvalue weighted by Crippen LogP contribution is 2.17. The molecule has 0 saturated carbocycles. The van der Waals surface area contributed by atoms with E-state index >= 15 is 0 Å². The molecule has 2 rings (SSSR count). The first-order chi connectivity index (χ1) is 10.1. The first-order valence-electron chi connectivity index (χ1n) is 7.23. The minimum absolute atomic E-state index is 0.00346. The molecule has 110 valence electrons. The Morgan fingerprint density at radius 1 is 1.10 bits per heavy atom. The molecule has 0 saturated heterocycles. The van der Waals surface area contributed by atoms with Gasteiger partial charge in [-0.15, -0.1) is 0 Å². The summed E-state index contributed by atoms with van der Waals surface area (Å²) < 4.78 is 0. The number of hydrogen-bond acceptors (Lipinski definition) is 2. The van der Waals surface area contributed by atoms with Crippen LogP contribution in [0, 0.1) is 6.92 Å². The smallest absolute Gasteiger partial charge is 0.224 e. The van der Waals surface area contributed by atoms with Crippen LogP contribution in [0.1, 0.15) is 35.2 Å². The summed E-state index contributed by atoms with van der Waals surface area (Å²) in [5, 5.41) is 3.06. The van der Waals surface area contributed by atoms with Crippen LogP contribution in [-0.4, -0.2) is 5.91 Å². The van der Waals surface area contributed by atoms with Crippen molar-refractivity contribution in [2.75, 3.05) is 0 Å². The maximum Gasteiger partial charge on any atom is 0.224 e. The molecular formula is C18H22N2O. The highest BCUT2D eigenvalue weighted by Gasteiger charge is 2.12. The Kier molecular flexibility index (Phi) is 5.12. The van der Waals surface area contributed by atoms with Gasteiger partial charge in [-0.25, -0.2) is 0 Å². The number of hydrogen-bond donors (Lipinski definition) is 2. The van der Waals surface area contributed by atoms with E-state index in [1.165, 1.54) is 5.56 Å². The SMILES string of the molecule is Cc1ccccc1C(C)NC(=O)Cc1ccccc1CN. The third-order valence-electron chi connectivity index (χ3n) is 3.72. The quantitative estimate of drug-likeness (QED) is 0.886. The van der Waals surface area contributed by atoms with Crippen LogP contribution in [0.4, 0.5) is 0 Å². The molecule has 3 nitrogen and oxygen atoms in total. The summed E-state index contributed by atoms with van der Waals surface area (Å²) in [5.41, 5.74) is 10.1. The second-order valence-electron chi connectivity index (χ2n) is 5.30. The predicted octanol–water partition coefficient (Wildman–Crippen LogP) is 2.87. The molecule has 1 atom stereocenters. The largest absolute Gasteiger partial charge is 0.349 e. The van der Waals surface area contributed by atoms with Crippen LogP contribution in [0.15, 0.2) is 48.5 Å². The van der Waals surface area contributed by atoms with Crippen molar-refractivity contribution in [3.05, 3.63) is 70.8 Å². The van der Waals surface area contributed by atoms with Crippen molar-refractivity contribution < 1.29 is 4.79 Å². The number of amides is 1. The molecule has 0 aliphatic carbocycles. The van der Waals surface area contributed by atoms with Gasteiger partial charge in [0.1, 0.15) is 0 Å². The van der Waals surface area contributed by atoms with E-state index in [9.17, 15) is 4.79 Å². The van der Waals surface area contributed by atoms with Crippen LogP contribution in [0.2, 0.25) is 0 Å². The lowest BCUT2D eigenvalue weighted by Crippen LogP contribution is -2.29. The molecule has 0 heterocycles. The van der Waals surface area contributed by atoms with Crippen molar-refractivity contribution in [3.63, 3.8) is 0 Å². The summed E-state index contributed by atoms with van der Waals surface area (Å²) in [6.45, 7) is 4.52. The van der Waals surface area contributed by atoms with E-state index in [1.807, 2.05) is 49.4 Å². The molecule has 0 bridgehead atoms. The van der Waals surface area contributed by atoms with Crippen LogP contribution in [0.5, 0.6) is 0 Å². The van der Waals surface area contributed by atoms with E-state index in [0.29, 0.717) is 13.0 Å². The van der Waals surface area contributed by atoms with Crippen LogP contribution < -0.4 is 11.1 Å². The second kappa shape index (κ2) is 7.04. The van der Waals surface area contributed by atoms with E-state index in [1.54, 1.807) is 0 Å².